The van der Waals surface area contributed by atoms with Crippen molar-refractivity contribution in [3.8, 4) is 0 Å². The quantitative estimate of drug-likeness (QED) is 0.892. The van der Waals surface area contributed by atoms with Gasteiger partial charge in [0.05, 0.1) is 17.3 Å². The number of nitrogens with zero attached hydrogens (tertiary/aromatic N) is 2. The van der Waals surface area contributed by atoms with Crippen molar-refractivity contribution in [2.24, 2.45) is 0 Å². The smallest absolute Gasteiger partial charge is 0.292 e. The Balaban J connectivity index is 1.94. The van der Waals surface area contributed by atoms with Crippen molar-refractivity contribution in [1.82, 2.24) is 15.0 Å². The van der Waals surface area contributed by atoms with Gasteiger partial charge in [-0.25, -0.2) is 4.98 Å². The maximum absolute atomic E-state index is 12.5. The second-order valence-corrected chi connectivity index (χ2v) is 5.92. The van der Waals surface area contributed by atoms with Crippen LogP contribution in [0.3, 0.4) is 0 Å². The van der Waals surface area contributed by atoms with E-state index < -0.39 is 0 Å². The highest BCUT2D eigenvalue weighted by Crippen LogP contribution is 2.20. The van der Waals surface area contributed by atoms with Crippen LogP contribution in [0.1, 0.15) is 29.8 Å². The molecule has 0 radical (unpaired) electrons. The number of rotatable bonds is 4. The lowest BCUT2D eigenvalue weighted by Crippen LogP contribution is -2.38. The molecular weight excluding hydrogens is 316 g/mol. The standard InChI is InChI=1S/C16H19ClN4O2/c1-10(11-3-5-12(17)6-4-11)19-16-20-14-7-8-18-9-13(14)15(22)21(16)23-2/h3-6,10,18H,7-9H2,1-2H3,(H,19,20). The molecule has 7 heteroatoms. The van der Waals surface area contributed by atoms with Gasteiger partial charge in [0.1, 0.15) is 7.11 Å². The lowest BCUT2D eigenvalue weighted by molar-refractivity contribution is 0.157. The molecule has 0 amide bonds. The first-order chi connectivity index (χ1) is 11.1. The van der Waals surface area contributed by atoms with Crippen molar-refractivity contribution >= 4 is 17.5 Å². The van der Waals surface area contributed by atoms with Gasteiger partial charge in [-0.05, 0) is 24.6 Å². The SMILES string of the molecule is COn1c(NC(C)c2ccc(Cl)cc2)nc2c(c1=O)CNCC2. The summed E-state index contributed by atoms with van der Waals surface area (Å²) in [6.45, 7) is 3.34. The number of nitrogens with one attached hydrogen (secondary N) is 2. The number of halogens is 1. The maximum Gasteiger partial charge on any atom is 0.292 e. The van der Waals surface area contributed by atoms with Crippen LogP contribution in [0.15, 0.2) is 29.1 Å². The third kappa shape index (κ3) is 3.18. The summed E-state index contributed by atoms with van der Waals surface area (Å²) in [6.07, 6.45) is 0.735. The van der Waals surface area contributed by atoms with E-state index in [1.807, 2.05) is 31.2 Å². The summed E-state index contributed by atoms with van der Waals surface area (Å²) in [6, 6.07) is 7.52. The molecule has 0 saturated carbocycles. The molecule has 122 valence electrons. The molecule has 0 bridgehead atoms. The topological polar surface area (TPSA) is 68.2 Å². The largest absolute Gasteiger partial charge is 0.411 e. The molecule has 1 aromatic heterocycles. The highest BCUT2D eigenvalue weighted by molar-refractivity contribution is 6.30. The minimum atomic E-state index is -0.171. The van der Waals surface area contributed by atoms with Crippen LogP contribution in [0, 0.1) is 0 Å². The number of aromatic nitrogens is 2. The van der Waals surface area contributed by atoms with Gasteiger partial charge in [-0.2, -0.15) is 0 Å². The van der Waals surface area contributed by atoms with E-state index in [4.69, 9.17) is 16.4 Å². The fraction of sp³-hybridized carbons (Fsp3) is 0.375. The van der Waals surface area contributed by atoms with E-state index in [9.17, 15) is 4.79 Å². The first kappa shape index (κ1) is 15.8. The Hall–Kier alpha value is -2.05. The summed E-state index contributed by atoms with van der Waals surface area (Å²) in [4.78, 5) is 22.3. The predicted molar refractivity (Wildman–Crippen MR) is 89.9 cm³/mol. The van der Waals surface area contributed by atoms with Crippen LogP contribution < -0.4 is 21.0 Å². The number of hydrogen-bond acceptors (Lipinski definition) is 5. The van der Waals surface area contributed by atoms with E-state index in [0.29, 0.717) is 23.1 Å². The second-order valence-electron chi connectivity index (χ2n) is 5.49. The van der Waals surface area contributed by atoms with Gasteiger partial charge in [0.15, 0.2) is 0 Å². The molecule has 0 fully saturated rings. The number of fused-ring (bicyclic) bond motifs is 1. The molecule has 3 rings (SSSR count). The molecule has 1 aliphatic rings. The zero-order valence-corrected chi connectivity index (χ0v) is 13.9. The molecule has 2 heterocycles. The van der Waals surface area contributed by atoms with Gasteiger partial charge in [-0.15, -0.1) is 4.73 Å². The van der Waals surface area contributed by atoms with E-state index in [-0.39, 0.29) is 11.6 Å². The average molecular weight is 335 g/mol. The van der Waals surface area contributed by atoms with Crippen LogP contribution in [-0.2, 0) is 13.0 Å². The molecule has 2 aromatic rings. The monoisotopic (exact) mass is 334 g/mol. The Morgan fingerprint density at radius 1 is 1.39 bits per heavy atom. The molecule has 6 nitrogen and oxygen atoms in total. The molecule has 1 aromatic carbocycles. The normalized spacial score (nSPS) is 14.9. The Morgan fingerprint density at radius 3 is 2.83 bits per heavy atom. The highest BCUT2D eigenvalue weighted by atomic mass is 35.5. The summed E-state index contributed by atoms with van der Waals surface area (Å²) in [5.74, 6) is 0.417. The molecule has 2 N–H and O–H groups in total. The van der Waals surface area contributed by atoms with Crippen LogP contribution in [0.5, 0.6) is 0 Å². The lowest BCUT2D eigenvalue weighted by atomic mass is 10.1. The Morgan fingerprint density at radius 2 is 2.13 bits per heavy atom. The summed E-state index contributed by atoms with van der Waals surface area (Å²) < 4.78 is 1.21. The summed E-state index contributed by atoms with van der Waals surface area (Å²) in [5.41, 5.74) is 2.37. The van der Waals surface area contributed by atoms with Crippen LogP contribution in [0.4, 0.5) is 5.95 Å². The second kappa shape index (κ2) is 6.60. The maximum atomic E-state index is 12.5. The third-order valence-corrected chi connectivity index (χ3v) is 4.21. The van der Waals surface area contributed by atoms with Gasteiger partial charge in [-0.3, -0.25) is 4.79 Å². The molecule has 0 spiro atoms. The van der Waals surface area contributed by atoms with Crippen LogP contribution in [0.2, 0.25) is 5.02 Å². The van der Waals surface area contributed by atoms with Crippen LogP contribution >= 0.6 is 11.6 Å². The van der Waals surface area contributed by atoms with Gasteiger partial charge >= 0.3 is 0 Å². The van der Waals surface area contributed by atoms with E-state index in [2.05, 4.69) is 15.6 Å². The fourth-order valence-corrected chi connectivity index (χ4v) is 2.80. The Kier molecular flexibility index (Phi) is 4.54. The molecule has 0 aliphatic carbocycles. The van der Waals surface area contributed by atoms with Crippen molar-refractivity contribution in [2.45, 2.75) is 25.9 Å². The van der Waals surface area contributed by atoms with Gasteiger partial charge in [-0.1, -0.05) is 23.7 Å². The summed E-state index contributed by atoms with van der Waals surface area (Å²) >= 11 is 5.92. The zero-order chi connectivity index (χ0) is 16.4. The van der Waals surface area contributed by atoms with Crippen molar-refractivity contribution in [1.29, 1.82) is 0 Å². The van der Waals surface area contributed by atoms with E-state index in [1.54, 1.807) is 0 Å². The molecule has 0 saturated heterocycles. The van der Waals surface area contributed by atoms with Gasteiger partial charge in [0, 0.05) is 24.5 Å². The summed E-state index contributed by atoms with van der Waals surface area (Å²) in [5, 5.41) is 7.12. The van der Waals surface area contributed by atoms with Crippen molar-refractivity contribution < 1.29 is 4.84 Å². The highest BCUT2D eigenvalue weighted by Gasteiger charge is 2.20. The zero-order valence-electron chi connectivity index (χ0n) is 13.1. The number of hydrogen-bond donors (Lipinski definition) is 2. The number of benzene rings is 1. The first-order valence-corrected chi connectivity index (χ1v) is 7.90. The van der Waals surface area contributed by atoms with E-state index in [0.717, 1.165) is 24.2 Å². The minimum Gasteiger partial charge on any atom is -0.411 e. The fourth-order valence-electron chi connectivity index (χ4n) is 2.68. The van der Waals surface area contributed by atoms with Gasteiger partial charge < -0.3 is 15.5 Å². The lowest BCUT2D eigenvalue weighted by Gasteiger charge is -2.22. The summed E-state index contributed by atoms with van der Waals surface area (Å²) in [7, 11) is 1.46. The van der Waals surface area contributed by atoms with Crippen LogP contribution in [-0.4, -0.2) is 23.4 Å². The molecule has 1 aliphatic heterocycles. The Labute approximate surface area is 139 Å². The van der Waals surface area contributed by atoms with Crippen molar-refractivity contribution in [3.05, 3.63) is 56.5 Å². The Bertz CT molecular complexity index is 758. The molecule has 23 heavy (non-hydrogen) atoms. The predicted octanol–water partition coefficient (Wildman–Crippen LogP) is 1.77. The number of anilines is 1. The first-order valence-electron chi connectivity index (χ1n) is 7.52. The molecular formula is C16H19ClN4O2. The van der Waals surface area contributed by atoms with Crippen molar-refractivity contribution in [2.75, 3.05) is 19.0 Å². The third-order valence-electron chi connectivity index (χ3n) is 3.96. The van der Waals surface area contributed by atoms with E-state index >= 15 is 0 Å². The average Bonchev–Trinajstić information content (AvgIpc) is 2.56. The van der Waals surface area contributed by atoms with Gasteiger partial charge in [0.25, 0.3) is 5.56 Å². The van der Waals surface area contributed by atoms with Crippen LogP contribution in [0.25, 0.3) is 0 Å². The molecule has 1 atom stereocenters. The molecule has 1 unspecified atom stereocenters. The van der Waals surface area contributed by atoms with Crippen molar-refractivity contribution in [3.63, 3.8) is 0 Å². The van der Waals surface area contributed by atoms with E-state index in [1.165, 1.54) is 11.8 Å². The minimum absolute atomic E-state index is 0.0414. The van der Waals surface area contributed by atoms with Gasteiger partial charge in [0.2, 0.25) is 5.95 Å².